The minimum absolute atomic E-state index is 0.0388. The monoisotopic (exact) mass is 331 g/mol. The third kappa shape index (κ3) is 2.67. The highest BCUT2D eigenvalue weighted by Gasteiger charge is 2.35. The molecule has 1 amide bonds. The van der Waals surface area contributed by atoms with Crippen LogP contribution in [-0.2, 0) is 0 Å². The number of amides is 1. The molecular formula is C19H25NO4. The molecule has 2 aromatic rings. The Hall–Kier alpha value is -2.01. The number of furan rings is 1. The lowest BCUT2D eigenvalue weighted by molar-refractivity contribution is 0.0321. The van der Waals surface area contributed by atoms with E-state index < -0.39 is 0 Å². The number of aryl methyl sites for hydroxylation is 1. The Labute approximate surface area is 142 Å². The Kier molecular flexibility index (Phi) is 4.54. The number of aliphatic hydroxyl groups is 1. The summed E-state index contributed by atoms with van der Waals surface area (Å²) in [5.74, 6) is 0.953. The van der Waals surface area contributed by atoms with E-state index in [1.807, 2.05) is 30.0 Å². The van der Waals surface area contributed by atoms with Crippen LogP contribution in [0.1, 0.15) is 42.3 Å². The van der Waals surface area contributed by atoms with Crippen LogP contribution in [0.25, 0.3) is 11.0 Å². The van der Waals surface area contributed by atoms with E-state index in [9.17, 15) is 9.90 Å². The van der Waals surface area contributed by atoms with Gasteiger partial charge in [0.2, 0.25) is 0 Å². The minimum Gasteiger partial charge on any atom is -0.493 e. The fourth-order valence-corrected chi connectivity index (χ4v) is 3.53. The number of benzene rings is 1. The lowest BCUT2D eigenvalue weighted by atomic mass is 9.77. The van der Waals surface area contributed by atoms with Crippen molar-refractivity contribution >= 4 is 16.9 Å². The predicted octanol–water partition coefficient (Wildman–Crippen LogP) is 3.37. The van der Waals surface area contributed by atoms with Gasteiger partial charge in [-0.15, -0.1) is 0 Å². The number of likely N-dealkylation sites (tertiary alicyclic amines) is 1. The van der Waals surface area contributed by atoms with Crippen LogP contribution in [0, 0.1) is 12.3 Å². The maximum absolute atomic E-state index is 12.9. The Bertz CT molecular complexity index is 735. The fourth-order valence-electron chi connectivity index (χ4n) is 3.53. The predicted molar refractivity (Wildman–Crippen MR) is 92.5 cm³/mol. The van der Waals surface area contributed by atoms with Crippen LogP contribution < -0.4 is 4.74 Å². The summed E-state index contributed by atoms with van der Waals surface area (Å²) in [6.07, 6.45) is 2.59. The Balaban J connectivity index is 1.86. The molecule has 0 radical (unpaired) electrons. The minimum atomic E-state index is -0.0756. The van der Waals surface area contributed by atoms with Gasteiger partial charge in [0, 0.05) is 30.6 Å². The van der Waals surface area contributed by atoms with E-state index in [0.717, 1.165) is 30.2 Å². The van der Waals surface area contributed by atoms with Crippen molar-refractivity contribution in [2.75, 3.05) is 26.8 Å². The summed E-state index contributed by atoms with van der Waals surface area (Å²) >= 11 is 0. The van der Waals surface area contributed by atoms with Crippen LogP contribution in [0.2, 0.25) is 0 Å². The fraction of sp³-hybridized carbons (Fsp3) is 0.526. The van der Waals surface area contributed by atoms with Crippen LogP contribution >= 0.6 is 0 Å². The molecule has 5 nitrogen and oxygen atoms in total. The number of fused-ring (bicyclic) bond motifs is 1. The van der Waals surface area contributed by atoms with Crippen LogP contribution in [0.15, 0.2) is 22.6 Å². The number of carbonyl (C=O) groups is 1. The molecule has 130 valence electrons. The zero-order valence-corrected chi connectivity index (χ0v) is 14.6. The standard InChI is InChI=1S/C19H25NO4/c1-4-19(12-21)8-10-20(11-9-19)18(22)16-13(2)14-6-5-7-15(23-3)17(14)24-16/h5-7,21H,4,8-12H2,1-3H3. The summed E-state index contributed by atoms with van der Waals surface area (Å²) in [4.78, 5) is 14.7. The molecule has 0 atom stereocenters. The van der Waals surface area contributed by atoms with Gasteiger partial charge in [0.1, 0.15) is 0 Å². The number of carbonyl (C=O) groups excluding carboxylic acids is 1. The van der Waals surface area contributed by atoms with Crippen LogP contribution in [0.3, 0.4) is 0 Å². The van der Waals surface area contributed by atoms with Gasteiger partial charge in [-0.2, -0.15) is 0 Å². The topological polar surface area (TPSA) is 62.9 Å². The number of rotatable bonds is 4. The first kappa shape index (κ1) is 16.8. The number of para-hydroxylation sites is 1. The van der Waals surface area contributed by atoms with Gasteiger partial charge in [0.25, 0.3) is 5.91 Å². The lowest BCUT2D eigenvalue weighted by Crippen LogP contribution is -2.44. The molecule has 1 aliphatic rings. The number of nitrogens with zero attached hydrogens (tertiary/aromatic N) is 1. The highest BCUT2D eigenvalue weighted by atomic mass is 16.5. The van der Waals surface area contributed by atoms with Crippen molar-refractivity contribution in [1.29, 1.82) is 0 Å². The second-order valence-electron chi connectivity index (χ2n) is 6.70. The number of aliphatic hydroxyl groups excluding tert-OH is 1. The molecule has 5 heteroatoms. The quantitative estimate of drug-likeness (QED) is 0.933. The van der Waals surface area contributed by atoms with Crippen LogP contribution in [0.4, 0.5) is 0 Å². The highest BCUT2D eigenvalue weighted by molar-refractivity contribution is 6.00. The summed E-state index contributed by atoms with van der Waals surface area (Å²) in [7, 11) is 1.60. The number of ether oxygens (including phenoxy) is 1. The zero-order valence-electron chi connectivity index (χ0n) is 14.6. The lowest BCUT2D eigenvalue weighted by Gasteiger charge is -2.40. The summed E-state index contributed by atoms with van der Waals surface area (Å²) in [6.45, 7) is 5.50. The van der Waals surface area contributed by atoms with E-state index in [2.05, 4.69) is 6.92 Å². The van der Waals surface area contributed by atoms with Crippen molar-refractivity contribution < 1.29 is 19.1 Å². The van der Waals surface area contributed by atoms with Gasteiger partial charge in [0.15, 0.2) is 17.1 Å². The number of methoxy groups -OCH3 is 1. The van der Waals surface area contributed by atoms with Crippen LogP contribution in [-0.4, -0.2) is 42.7 Å². The largest absolute Gasteiger partial charge is 0.493 e. The van der Waals surface area contributed by atoms with Crippen molar-refractivity contribution in [1.82, 2.24) is 4.90 Å². The number of piperidine rings is 1. The number of hydrogen-bond acceptors (Lipinski definition) is 4. The molecule has 1 fully saturated rings. The third-order valence-electron chi connectivity index (χ3n) is 5.54. The first-order chi connectivity index (χ1) is 11.5. The molecule has 1 aromatic heterocycles. The average molecular weight is 331 g/mol. The second-order valence-corrected chi connectivity index (χ2v) is 6.70. The maximum Gasteiger partial charge on any atom is 0.289 e. The first-order valence-corrected chi connectivity index (χ1v) is 8.51. The summed E-state index contributed by atoms with van der Waals surface area (Å²) < 4.78 is 11.2. The SMILES string of the molecule is CCC1(CO)CCN(C(=O)c2oc3c(OC)cccc3c2C)CC1. The molecule has 1 N–H and O–H groups in total. The van der Waals surface area contributed by atoms with E-state index in [1.54, 1.807) is 7.11 Å². The van der Waals surface area contributed by atoms with E-state index in [1.165, 1.54) is 0 Å². The summed E-state index contributed by atoms with van der Waals surface area (Å²) in [5.41, 5.74) is 1.43. The van der Waals surface area contributed by atoms with E-state index >= 15 is 0 Å². The van der Waals surface area contributed by atoms with Crippen molar-refractivity contribution in [3.8, 4) is 5.75 Å². The normalized spacial score (nSPS) is 17.2. The van der Waals surface area contributed by atoms with Crippen LogP contribution in [0.5, 0.6) is 5.75 Å². The summed E-state index contributed by atoms with van der Waals surface area (Å²) in [5, 5.41) is 10.6. The van der Waals surface area contributed by atoms with Gasteiger partial charge in [-0.25, -0.2) is 0 Å². The van der Waals surface area contributed by atoms with E-state index in [4.69, 9.17) is 9.15 Å². The van der Waals surface area contributed by atoms with Crippen molar-refractivity contribution in [3.63, 3.8) is 0 Å². The molecular weight excluding hydrogens is 306 g/mol. The molecule has 1 saturated heterocycles. The Morgan fingerprint density at radius 3 is 2.67 bits per heavy atom. The maximum atomic E-state index is 12.9. The van der Waals surface area contributed by atoms with Gasteiger partial charge in [-0.1, -0.05) is 19.1 Å². The molecule has 1 aromatic carbocycles. The molecule has 0 unspecified atom stereocenters. The Morgan fingerprint density at radius 2 is 2.08 bits per heavy atom. The van der Waals surface area contributed by atoms with Crippen molar-refractivity contribution in [2.45, 2.75) is 33.1 Å². The van der Waals surface area contributed by atoms with E-state index in [0.29, 0.717) is 30.2 Å². The van der Waals surface area contributed by atoms with Gasteiger partial charge >= 0.3 is 0 Å². The van der Waals surface area contributed by atoms with Crippen molar-refractivity contribution in [2.24, 2.45) is 5.41 Å². The van der Waals surface area contributed by atoms with Gasteiger partial charge < -0.3 is 19.2 Å². The van der Waals surface area contributed by atoms with Gasteiger partial charge in [-0.3, -0.25) is 4.79 Å². The summed E-state index contributed by atoms with van der Waals surface area (Å²) in [6, 6.07) is 5.67. The molecule has 2 heterocycles. The van der Waals surface area contributed by atoms with Crippen molar-refractivity contribution in [3.05, 3.63) is 29.5 Å². The highest BCUT2D eigenvalue weighted by Crippen LogP contribution is 2.36. The second kappa shape index (κ2) is 6.48. The zero-order chi connectivity index (χ0) is 17.3. The molecule has 3 rings (SSSR count). The molecule has 0 aliphatic carbocycles. The molecule has 0 saturated carbocycles. The first-order valence-electron chi connectivity index (χ1n) is 8.51. The molecule has 0 bridgehead atoms. The third-order valence-corrected chi connectivity index (χ3v) is 5.54. The molecule has 1 aliphatic heterocycles. The van der Waals surface area contributed by atoms with Gasteiger partial charge in [0.05, 0.1) is 7.11 Å². The Morgan fingerprint density at radius 1 is 1.38 bits per heavy atom. The van der Waals surface area contributed by atoms with E-state index in [-0.39, 0.29) is 17.9 Å². The average Bonchev–Trinajstić information content (AvgIpc) is 2.98. The molecule has 24 heavy (non-hydrogen) atoms. The smallest absolute Gasteiger partial charge is 0.289 e. The van der Waals surface area contributed by atoms with Gasteiger partial charge in [-0.05, 0) is 37.7 Å². The molecule has 0 spiro atoms. The number of hydrogen-bond donors (Lipinski definition) is 1.